The van der Waals surface area contributed by atoms with Gasteiger partial charge in [0.1, 0.15) is 11.5 Å². The first kappa shape index (κ1) is 24.5. The molecular formula is C28H30FN7O. The molecule has 2 aliphatic heterocycles. The van der Waals surface area contributed by atoms with E-state index in [1.807, 2.05) is 37.4 Å². The molecule has 2 aliphatic rings. The van der Waals surface area contributed by atoms with Gasteiger partial charge in [-0.15, -0.1) is 0 Å². The summed E-state index contributed by atoms with van der Waals surface area (Å²) in [5.74, 6) is 1.10. The Morgan fingerprint density at radius 1 is 1.14 bits per heavy atom. The van der Waals surface area contributed by atoms with E-state index >= 15 is 0 Å². The highest BCUT2D eigenvalue weighted by Gasteiger charge is 2.33. The number of pyridine rings is 3. The highest BCUT2D eigenvalue weighted by molar-refractivity contribution is 6.03. The van der Waals surface area contributed by atoms with Gasteiger partial charge in [-0.3, -0.25) is 20.2 Å². The molecule has 0 saturated carbocycles. The molecular weight excluding hydrogens is 469 g/mol. The van der Waals surface area contributed by atoms with Gasteiger partial charge in [-0.1, -0.05) is 13.0 Å². The fraction of sp³-hybridized carbons (Fsp3) is 0.321. The van der Waals surface area contributed by atoms with Crippen molar-refractivity contribution in [3.63, 3.8) is 0 Å². The van der Waals surface area contributed by atoms with Gasteiger partial charge in [0.05, 0.1) is 17.1 Å². The fourth-order valence-corrected chi connectivity index (χ4v) is 4.38. The molecule has 2 N–H and O–H groups in total. The minimum absolute atomic E-state index is 0.153. The number of rotatable bonds is 4. The van der Waals surface area contributed by atoms with Gasteiger partial charge in [-0.05, 0) is 57.0 Å². The summed E-state index contributed by atoms with van der Waals surface area (Å²) in [6, 6.07) is 10.6. The summed E-state index contributed by atoms with van der Waals surface area (Å²) in [6.07, 6.45) is 7.50. The van der Waals surface area contributed by atoms with Crippen LogP contribution in [0.1, 0.15) is 45.4 Å². The highest BCUT2D eigenvalue weighted by Crippen LogP contribution is 2.35. The van der Waals surface area contributed by atoms with Gasteiger partial charge in [0.2, 0.25) is 0 Å². The van der Waals surface area contributed by atoms with Crippen molar-refractivity contribution < 1.29 is 9.18 Å². The van der Waals surface area contributed by atoms with E-state index in [2.05, 4.69) is 32.5 Å². The fourth-order valence-electron chi connectivity index (χ4n) is 4.38. The molecule has 190 valence electrons. The lowest BCUT2D eigenvalue weighted by molar-refractivity contribution is 0.221. The number of nitrogens with zero attached hydrogens (tertiary/aromatic N) is 5. The molecule has 37 heavy (non-hydrogen) atoms. The Morgan fingerprint density at radius 3 is 2.73 bits per heavy atom. The van der Waals surface area contributed by atoms with E-state index in [4.69, 9.17) is 4.98 Å². The Hall–Kier alpha value is -4.14. The van der Waals surface area contributed by atoms with Crippen LogP contribution in [0.3, 0.4) is 0 Å². The molecule has 3 aromatic rings. The molecule has 0 saturated heterocycles. The van der Waals surface area contributed by atoms with Crippen LogP contribution in [0.25, 0.3) is 16.8 Å². The van der Waals surface area contributed by atoms with Crippen LogP contribution in [0, 0.1) is 5.92 Å². The molecule has 9 heteroatoms. The number of carbonyl (C=O) groups is 1. The zero-order valence-corrected chi connectivity index (χ0v) is 21.4. The van der Waals surface area contributed by atoms with Gasteiger partial charge in [-0.25, -0.2) is 19.2 Å². The maximum atomic E-state index is 14.6. The first-order chi connectivity index (χ1) is 17.7. The average Bonchev–Trinajstić information content (AvgIpc) is 3.39. The van der Waals surface area contributed by atoms with Crippen molar-refractivity contribution in [1.82, 2.24) is 15.0 Å². The number of anilines is 3. The predicted molar refractivity (Wildman–Crippen MR) is 146 cm³/mol. The van der Waals surface area contributed by atoms with Crippen molar-refractivity contribution in [3.05, 3.63) is 66.2 Å². The average molecular weight is 500 g/mol. The zero-order valence-electron chi connectivity index (χ0n) is 21.4. The maximum absolute atomic E-state index is 14.6. The summed E-state index contributed by atoms with van der Waals surface area (Å²) in [4.78, 5) is 33.3. The number of alkyl halides is 1. The quantitative estimate of drug-likeness (QED) is 0.456. The Bertz CT molecular complexity index is 1400. The summed E-state index contributed by atoms with van der Waals surface area (Å²) in [6.45, 7) is 7.78. The summed E-state index contributed by atoms with van der Waals surface area (Å²) < 4.78 is 14.6. The monoisotopic (exact) mass is 499 g/mol. The summed E-state index contributed by atoms with van der Waals surface area (Å²) in [5, 5.41) is 6.38. The number of hydrogen-bond acceptors (Lipinski definition) is 6. The van der Waals surface area contributed by atoms with Crippen LogP contribution in [0.2, 0.25) is 0 Å². The summed E-state index contributed by atoms with van der Waals surface area (Å²) >= 11 is 0. The Kier molecular flexibility index (Phi) is 6.45. The second kappa shape index (κ2) is 9.72. The number of aliphatic imine (C=N–C) groups is 1. The number of carbonyl (C=O) groups excluding carboxylic acids is 1. The van der Waals surface area contributed by atoms with E-state index in [-0.39, 0.29) is 18.0 Å². The molecule has 0 radical (unpaired) electrons. The molecule has 5 rings (SSSR count). The lowest BCUT2D eigenvalue weighted by Gasteiger charge is -2.30. The molecule has 2 amide bonds. The van der Waals surface area contributed by atoms with Crippen LogP contribution in [-0.4, -0.2) is 39.8 Å². The summed E-state index contributed by atoms with van der Waals surface area (Å²) in [5.41, 5.74) is 2.74. The van der Waals surface area contributed by atoms with Crippen molar-refractivity contribution in [1.29, 1.82) is 0 Å². The van der Waals surface area contributed by atoms with Gasteiger partial charge in [0.15, 0.2) is 5.82 Å². The van der Waals surface area contributed by atoms with E-state index in [0.29, 0.717) is 41.4 Å². The van der Waals surface area contributed by atoms with Crippen molar-refractivity contribution in [2.45, 2.75) is 45.8 Å². The van der Waals surface area contributed by atoms with Crippen molar-refractivity contribution in [2.24, 2.45) is 10.9 Å². The van der Waals surface area contributed by atoms with Gasteiger partial charge < -0.3 is 5.32 Å². The van der Waals surface area contributed by atoms with Gasteiger partial charge >= 0.3 is 6.03 Å². The topological polar surface area (TPSA) is 95.4 Å². The second-order valence-electron chi connectivity index (χ2n) is 10.00. The minimum Gasteiger partial charge on any atom is -0.382 e. The molecule has 0 fully saturated rings. The lowest BCUT2D eigenvalue weighted by Crippen LogP contribution is -2.45. The van der Waals surface area contributed by atoms with E-state index in [0.717, 1.165) is 17.0 Å². The van der Waals surface area contributed by atoms with E-state index in [1.165, 1.54) is 20.0 Å². The number of urea groups is 1. The smallest absolute Gasteiger partial charge is 0.328 e. The number of aromatic nitrogens is 3. The van der Waals surface area contributed by atoms with Crippen LogP contribution >= 0.6 is 0 Å². The van der Waals surface area contributed by atoms with Gasteiger partial charge in [0, 0.05) is 60.5 Å². The maximum Gasteiger partial charge on any atom is 0.328 e. The van der Waals surface area contributed by atoms with Crippen LogP contribution < -0.4 is 15.5 Å². The van der Waals surface area contributed by atoms with E-state index < -0.39 is 5.67 Å². The third-order valence-corrected chi connectivity index (χ3v) is 6.85. The molecule has 8 nitrogen and oxygen atoms in total. The van der Waals surface area contributed by atoms with Crippen molar-refractivity contribution in [2.75, 3.05) is 22.1 Å². The Labute approximate surface area is 215 Å². The van der Waals surface area contributed by atoms with Crippen molar-refractivity contribution in [3.8, 4) is 11.3 Å². The molecule has 2 atom stereocenters. The number of nitrogens with one attached hydrogen (secondary N) is 2. The Balaban J connectivity index is 1.50. The predicted octanol–water partition coefficient (Wildman–Crippen LogP) is 6.05. The molecule has 5 heterocycles. The lowest BCUT2D eigenvalue weighted by atomic mass is 10.00. The third kappa shape index (κ3) is 5.07. The molecule has 0 bridgehead atoms. The van der Waals surface area contributed by atoms with Gasteiger partial charge in [-0.2, -0.15) is 0 Å². The van der Waals surface area contributed by atoms with E-state index in [9.17, 15) is 9.18 Å². The number of fused-ring (bicyclic) bond motifs is 1. The van der Waals surface area contributed by atoms with E-state index in [1.54, 1.807) is 29.4 Å². The number of allylic oxidation sites excluding steroid dienone is 1. The molecule has 3 aromatic heterocycles. The Morgan fingerprint density at radius 2 is 1.97 bits per heavy atom. The SMILES string of the molecule is C[C@@H]1CNc2ccc(-c3cncc(C(C)(C)F)c3)nc2N(C(=O)Nc2cccc(C3=CN=CC3)n2)[C@@H]1C. The second-order valence-corrected chi connectivity index (χ2v) is 10.00. The first-order valence-corrected chi connectivity index (χ1v) is 12.4. The van der Waals surface area contributed by atoms with Crippen LogP contribution in [0.15, 0.2) is 60.0 Å². The first-order valence-electron chi connectivity index (χ1n) is 12.4. The zero-order chi connectivity index (χ0) is 26.2. The number of amides is 2. The van der Waals surface area contributed by atoms with Crippen LogP contribution in [0.4, 0.5) is 26.5 Å². The standard InChI is InChI=1S/C28H30FN7O/c1-17-13-32-24-9-8-23(20-12-21(16-31-15-20)28(3,4)29)34-26(24)36(18(17)2)27(37)35-25-7-5-6-22(33-25)19-10-11-30-14-19/h5-9,11-12,14-18,32H,10,13H2,1-4H3,(H,33,35,37)/t17-,18-/m1/s1. The minimum atomic E-state index is -1.53. The number of halogens is 1. The van der Waals surface area contributed by atoms with Crippen LogP contribution in [-0.2, 0) is 5.67 Å². The highest BCUT2D eigenvalue weighted by atomic mass is 19.1. The van der Waals surface area contributed by atoms with Gasteiger partial charge in [0.25, 0.3) is 0 Å². The van der Waals surface area contributed by atoms with Crippen molar-refractivity contribution >= 4 is 35.1 Å². The molecule has 0 aromatic carbocycles. The summed E-state index contributed by atoms with van der Waals surface area (Å²) in [7, 11) is 0. The number of hydrogen-bond donors (Lipinski definition) is 2. The molecule has 0 unspecified atom stereocenters. The normalized spacial score (nSPS) is 19.1. The molecule has 0 aliphatic carbocycles. The third-order valence-electron chi connectivity index (χ3n) is 6.85. The largest absolute Gasteiger partial charge is 0.382 e. The van der Waals surface area contributed by atoms with Crippen LogP contribution in [0.5, 0.6) is 0 Å². The molecule has 0 spiro atoms.